The topological polar surface area (TPSA) is 208 Å². The van der Waals surface area contributed by atoms with Gasteiger partial charge in [0.2, 0.25) is 0 Å². The van der Waals surface area contributed by atoms with Crippen LogP contribution in [0.5, 0.6) is 0 Å². The molecule has 1 N–H and O–H groups in total. The molecule has 16 atom stereocenters. The van der Waals surface area contributed by atoms with Crippen molar-refractivity contribution >= 4 is 11.6 Å². The summed E-state index contributed by atoms with van der Waals surface area (Å²) in [6.45, 7) is 21.2. The minimum absolute atomic E-state index is 0.0248. The fraction of sp³-hybridized carbons (Fsp3) is 0.833. The Morgan fingerprint density at radius 2 is 0.906 bits per heavy atom. The first-order valence-electron chi connectivity index (χ1n) is 23.0. The Morgan fingerprint density at radius 1 is 0.594 bits per heavy atom. The van der Waals surface area contributed by atoms with E-state index in [0.29, 0.717) is 12.8 Å². The van der Waals surface area contributed by atoms with E-state index in [1.54, 1.807) is 21.3 Å². The number of aliphatic hydroxyl groups is 1. The van der Waals surface area contributed by atoms with Crippen molar-refractivity contribution in [1.82, 2.24) is 0 Å². The molecule has 9 rings (SSSR count). The molecule has 9 fully saturated rings. The van der Waals surface area contributed by atoms with Gasteiger partial charge < -0.3 is 47.7 Å². The summed E-state index contributed by atoms with van der Waals surface area (Å²) in [7, 11) is 4.92. The van der Waals surface area contributed by atoms with Gasteiger partial charge in [0.1, 0.15) is 40.2 Å². The number of carbonyl (C=O) groups excluding carboxylic acids is 2. The van der Waals surface area contributed by atoms with E-state index in [9.17, 15) is 14.7 Å². The summed E-state index contributed by atoms with van der Waals surface area (Å²) in [6.07, 6.45) is 12.9. The number of rotatable bonds is 12. The second kappa shape index (κ2) is 19.6. The molecule has 0 aromatic heterocycles. The molecule has 0 aromatic carbocycles. The third kappa shape index (κ3) is 10.8. The number of ketones is 2. The van der Waals surface area contributed by atoms with Gasteiger partial charge in [-0.2, -0.15) is 0 Å². The van der Waals surface area contributed by atoms with Crippen molar-refractivity contribution in [2.75, 3.05) is 41.2 Å². The van der Waals surface area contributed by atoms with Gasteiger partial charge in [-0.05, 0) is 107 Å². The van der Waals surface area contributed by atoms with Crippen LogP contribution in [0, 0.1) is 17.8 Å². The van der Waals surface area contributed by atoms with E-state index in [2.05, 4.69) is 80.5 Å². The molecule has 0 amide bonds. The maximum atomic E-state index is 12.2. The van der Waals surface area contributed by atoms with Crippen LogP contribution >= 0.6 is 0 Å². The summed E-state index contributed by atoms with van der Waals surface area (Å²) >= 11 is -3.79. The minimum atomic E-state index is -3.79. The summed E-state index contributed by atoms with van der Waals surface area (Å²) in [5.41, 5.74) is 2.61. The zero-order chi connectivity index (χ0) is 47.2. The monoisotopic (exact) mass is 942 g/mol. The van der Waals surface area contributed by atoms with Crippen LogP contribution < -0.4 is 0 Å². The van der Waals surface area contributed by atoms with Crippen LogP contribution in [-0.2, 0) is 77.6 Å². The van der Waals surface area contributed by atoms with Crippen LogP contribution in [0.1, 0.15) is 120 Å². The maximum absolute atomic E-state index is 12.2. The van der Waals surface area contributed by atoms with E-state index in [4.69, 9.17) is 54.0 Å². The molecular weight excluding hydrogens is 869 g/mol. The standard InChI is InChI=1S/C16H26O4.2C16H24O4.Cr.3O/c3*1-10(2)5-6-12-15(3,20-12)14-13(18-4)11(17)7-8-16(14)9-19-16;;;;/h5,11-14,17H,6-9H2,1-4H3;2*5,12-14H,6-9H2,1-4H3;;;;/t11-,12-,13-,14-,15+,16+;2*12-,13-,14-,15+,16+;;;;/m111..../s1. The van der Waals surface area contributed by atoms with Gasteiger partial charge in [0.05, 0.1) is 73.7 Å². The van der Waals surface area contributed by atoms with Crippen molar-refractivity contribution in [3.05, 3.63) is 34.9 Å². The van der Waals surface area contributed by atoms with Gasteiger partial charge >= 0.3 is 25.4 Å². The number of carbonyl (C=O) groups is 2. The summed E-state index contributed by atoms with van der Waals surface area (Å²) in [4.78, 5) is 24.3. The SMILES string of the molecule is CO[C@@H]1C(=O)CC[C@]2(CO2)[C@H]1[C@@]1(C)O[C@@H]1CC=C(C)C.CO[C@@H]1C(=O)CC[C@]2(CO2)[C@H]1[C@@]1(C)O[C@@H]1CC=C(C)C.CO[C@@H]1[C@H](O)CC[C@]2(CO2)[C@H]1[C@@]1(C)O[C@@H]1CC=C(C)C.[O]=[Cr](=[O])=[O]. The first kappa shape index (κ1) is 51.5. The molecule has 64 heavy (non-hydrogen) atoms. The van der Waals surface area contributed by atoms with Crippen LogP contribution in [0.4, 0.5) is 0 Å². The van der Waals surface area contributed by atoms with Crippen LogP contribution in [0.25, 0.3) is 0 Å². The van der Waals surface area contributed by atoms with Crippen LogP contribution in [0.15, 0.2) is 34.9 Å². The molecule has 6 heterocycles. The molecule has 0 bridgehead atoms. The molecule has 0 unspecified atom stereocenters. The van der Waals surface area contributed by atoms with Gasteiger partial charge in [-0.3, -0.25) is 9.59 Å². The van der Waals surface area contributed by atoms with Gasteiger partial charge in [-0.25, -0.2) is 0 Å². The van der Waals surface area contributed by atoms with Crippen molar-refractivity contribution in [1.29, 1.82) is 0 Å². The number of Topliss-reactive ketones (excluding diaryl/α,β-unsaturated/α-hetero) is 2. The van der Waals surface area contributed by atoms with E-state index < -0.39 is 20.1 Å². The molecule has 6 aliphatic heterocycles. The Morgan fingerprint density at radius 3 is 1.19 bits per heavy atom. The molecule has 6 saturated heterocycles. The predicted molar refractivity (Wildman–Crippen MR) is 227 cm³/mol. The number of hydrogen-bond acceptors (Lipinski definition) is 15. The fourth-order valence-corrected chi connectivity index (χ4v) is 11.5. The Balaban J connectivity index is 0.000000153. The molecule has 3 saturated carbocycles. The van der Waals surface area contributed by atoms with E-state index in [0.717, 1.165) is 64.8 Å². The first-order chi connectivity index (χ1) is 30.0. The van der Waals surface area contributed by atoms with Crippen LogP contribution in [0.2, 0.25) is 0 Å². The van der Waals surface area contributed by atoms with Crippen LogP contribution in [0.3, 0.4) is 0 Å². The molecule has 16 heteroatoms. The number of aliphatic hydroxyl groups excluding tert-OH is 1. The van der Waals surface area contributed by atoms with Crippen molar-refractivity contribution in [2.45, 2.75) is 196 Å². The van der Waals surface area contributed by atoms with E-state index >= 15 is 0 Å². The summed E-state index contributed by atoms with van der Waals surface area (Å²) < 4.78 is 77.5. The molecule has 15 nitrogen and oxygen atoms in total. The molecule has 9 aliphatic rings. The second-order valence-electron chi connectivity index (χ2n) is 20.7. The number of hydrogen-bond donors (Lipinski definition) is 1. The van der Waals surface area contributed by atoms with Gasteiger partial charge in [-0.1, -0.05) is 34.9 Å². The average molecular weight is 943 g/mol. The van der Waals surface area contributed by atoms with Crippen molar-refractivity contribution in [3.63, 3.8) is 0 Å². The molecule has 362 valence electrons. The van der Waals surface area contributed by atoms with E-state index in [1.807, 2.05) is 0 Å². The Kier molecular flexibility index (Phi) is 15.8. The van der Waals surface area contributed by atoms with Crippen molar-refractivity contribution in [3.8, 4) is 0 Å². The van der Waals surface area contributed by atoms with E-state index in [-0.39, 0.29) is 99.6 Å². The van der Waals surface area contributed by atoms with Crippen molar-refractivity contribution in [2.24, 2.45) is 17.8 Å². The molecule has 3 aliphatic carbocycles. The third-order valence-electron chi connectivity index (χ3n) is 15.4. The number of ether oxygens (including phenoxy) is 9. The van der Waals surface area contributed by atoms with Gasteiger partial charge in [0.15, 0.2) is 11.6 Å². The van der Waals surface area contributed by atoms with Crippen molar-refractivity contribution < 1.29 is 82.7 Å². The first-order valence-corrected chi connectivity index (χ1v) is 24.5. The summed E-state index contributed by atoms with van der Waals surface area (Å²) in [5, 5.41) is 10.2. The zero-order valence-electron chi connectivity index (χ0n) is 40.1. The molecular formula is C48H74CrO15. The Hall–Kier alpha value is -1.91. The van der Waals surface area contributed by atoms with Gasteiger partial charge in [0, 0.05) is 34.2 Å². The fourth-order valence-electron chi connectivity index (χ4n) is 11.5. The molecule has 0 aromatic rings. The molecule has 0 radical (unpaired) electrons. The molecule has 3 spiro atoms. The van der Waals surface area contributed by atoms with Crippen LogP contribution in [-0.4, -0.2) is 134 Å². The van der Waals surface area contributed by atoms with Gasteiger partial charge in [0.25, 0.3) is 0 Å². The zero-order valence-corrected chi connectivity index (χ0v) is 41.3. The Bertz CT molecular complexity index is 1830. The van der Waals surface area contributed by atoms with Gasteiger partial charge in [-0.15, -0.1) is 0 Å². The summed E-state index contributed by atoms with van der Waals surface area (Å²) in [6, 6.07) is 0. The summed E-state index contributed by atoms with van der Waals surface area (Å²) in [5.74, 6) is 0.556. The number of allylic oxidation sites excluding steroid dienone is 3. The Labute approximate surface area is 383 Å². The quantitative estimate of drug-likeness (QED) is 0.170. The van der Waals surface area contributed by atoms with E-state index in [1.165, 1.54) is 16.7 Å². The third-order valence-corrected chi connectivity index (χ3v) is 15.4. The second-order valence-corrected chi connectivity index (χ2v) is 21.3. The number of methoxy groups -OCH3 is 3. The predicted octanol–water partition coefficient (Wildman–Crippen LogP) is 6.22. The average Bonchev–Trinajstić information content (AvgIpc) is 3.97. The normalized spacial score (nSPS) is 45.0. The number of epoxide rings is 6.